The van der Waals surface area contributed by atoms with Gasteiger partial charge in [0, 0.05) is 30.1 Å². The van der Waals surface area contributed by atoms with Crippen LogP contribution < -0.4 is 0 Å². The van der Waals surface area contributed by atoms with Crippen LogP contribution in [-0.2, 0) is 28.9 Å². The lowest BCUT2D eigenvalue weighted by Crippen LogP contribution is -2.46. The van der Waals surface area contributed by atoms with Crippen LogP contribution in [0.25, 0.3) is 0 Å². The van der Waals surface area contributed by atoms with Crippen molar-refractivity contribution < 1.29 is 31.1 Å². The largest absolute Gasteiger partial charge is 0.433 e. The number of hydrogen-bond donors (Lipinski definition) is 0. The molecule has 2 fully saturated rings. The van der Waals surface area contributed by atoms with Gasteiger partial charge in [0.1, 0.15) is 0 Å². The van der Waals surface area contributed by atoms with E-state index < -0.39 is 23.6 Å². The lowest BCUT2D eigenvalue weighted by Gasteiger charge is -2.46. The zero-order chi connectivity index (χ0) is 24.5. The quantitative estimate of drug-likeness (QED) is 0.318. The smallest absolute Gasteiger partial charge is 0.375 e. The molecule has 1 unspecified atom stereocenters. The number of unbranched alkanes of at least 4 members (excludes halogenated alkanes) is 1. The van der Waals surface area contributed by atoms with Crippen LogP contribution >= 0.6 is 0 Å². The van der Waals surface area contributed by atoms with Crippen molar-refractivity contribution in [3.63, 3.8) is 0 Å². The van der Waals surface area contributed by atoms with E-state index in [2.05, 4.69) is 9.97 Å². The summed E-state index contributed by atoms with van der Waals surface area (Å²) in [5.41, 5.74) is -2.74. The molecule has 4 rings (SSSR count). The zero-order valence-corrected chi connectivity index (χ0v) is 18.8. The molecule has 9 heteroatoms. The fourth-order valence-corrected chi connectivity index (χ4v) is 5.68. The van der Waals surface area contributed by atoms with Gasteiger partial charge in [-0.25, -0.2) is 0 Å². The second-order valence-corrected chi connectivity index (χ2v) is 9.60. The molecule has 2 aromatic heterocycles. The van der Waals surface area contributed by atoms with E-state index in [0.717, 1.165) is 63.3 Å². The lowest BCUT2D eigenvalue weighted by atomic mass is 9.67. The summed E-state index contributed by atoms with van der Waals surface area (Å²) in [6.45, 7) is 0.647. The molecule has 1 aliphatic carbocycles. The van der Waals surface area contributed by atoms with Crippen LogP contribution in [0.2, 0.25) is 0 Å². The number of rotatable bonds is 6. The highest BCUT2D eigenvalue weighted by atomic mass is 19.4. The molecule has 1 saturated carbocycles. The van der Waals surface area contributed by atoms with Gasteiger partial charge in [0.05, 0.1) is 11.2 Å². The molecule has 3 heterocycles. The van der Waals surface area contributed by atoms with Gasteiger partial charge in [-0.15, -0.1) is 0 Å². The van der Waals surface area contributed by atoms with E-state index in [1.807, 2.05) is 18.2 Å². The van der Waals surface area contributed by atoms with Crippen molar-refractivity contribution in [2.75, 3.05) is 6.61 Å². The van der Waals surface area contributed by atoms with Crippen LogP contribution in [0.4, 0.5) is 26.3 Å². The number of alkyl halides is 6. The van der Waals surface area contributed by atoms with Gasteiger partial charge in [0.25, 0.3) is 0 Å². The van der Waals surface area contributed by atoms with E-state index >= 15 is 0 Å². The molecule has 1 atom stereocenters. The molecular formula is C25H28F6N2O. The molecule has 0 aromatic carbocycles. The van der Waals surface area contributed by atoms with E-state index in [9.17, 15) is 26.3 Å². The summed E-state index contributed by atoms with van der Waals surface area (Å²) in [6, 6.07) is 6.46. The van der Waals surface area contributed by atoms with E-state index in [1.54, 1.807) is 6.20 Å². The summed E-state index contributed by atoms with van der Waals surface area (Å²) in [5, 5.41) is 0. The Bertz CT molecular complexity index is 970. The number of aromatic nitrogens is 2. The van der Waals surface area contributed by atoms with Gasteiger partial charge in [0.2, 0.25) is 0 Å². The average molecular weight is 487 g/mol. The van der Waals surface area contributed by atoms with Crippen molar-refractivity contribution in [1.82, 2.24) is 9.97 Å². The molecule has 1 spiro atoms. The number of halogens is 6. The third kappa shape index (κ3) is 5.39. The molecule has 0 bridgehead atoms. The van der Waals surface area contributed by atoms with Gasteiger partial charge in [-0.1, -0.05) is 25.3 Å². The van der Waals surface area contributed by atoms with Crippen LogP contribution in [0.5, 0.6) is 0 Å². The molecule has 0 radical (unpaired) electrons. The van der Waals surface area contributed by atoms with Gasteiger partial charge in [-0.05, 0) is 68.7 Å². The molecule has 2 aliphatic rings. The minimum Gasteiger partial charge on any atom is -0.375 e. The Hall–Kier alpha value is -2.16. The van der Waals surface area contributed by atoms with Gasteiger partial charge in [-0.2, -0.15) is 26.3 Å². The molecule has 0 N–H and O–H groups in total. The molecule has 186 valence electrons. The van der Waals surface area contributed by atoms with Crippen molar-refractivity contribution in [1.29, 1.82) is 0 Å². The highest BCUT2D eigenvalue weighted by Crippen LogP contribution is 2.50. The maximum absolute atomic E-state index is 13.2. The summed E-state index contributed by atoms with van der Waals surface area (Å²) in [7, 11) is 0. The van der Waals surface area contributed by atoms with Crippen LogP contribution in [-0.4, -0.2) is 22.2 Å². The average Bonchev–Trinajstić information content (AvgIpc) is 3.23. The maximum atomic E-state index is 13.2. The number of aryl methyl sites for hydroxylation is 1. The number of pyridine rings is 2. The second-order valence-electron chi connectivity index (χ2n) is 9.60. The first-order valence-electron chi connectivity index (χ1n) is 11.7. The summed E-state index contributed by atoms with van der Waals surface area (Å²) in [6.07, 6.45) is 0.745. The van der Waals surface area contributed by atoms with Gasteiger partial charge >= 0.3 is 12.4 Å². The lowest BCUT2D eigenvalue weighted by molar-refractivity contribution is -0.164. The van der Waals surface area contributed by atoms with Crippen LogP contribution in [0.3, 0.4) is 0 Å². The predicted octanol–water partition coefficient (Wildman–Crippen LogP) is 7.29. The first-order valence-corrected chi connectivity index (χ1v) is 11.7. The molecule has 3 nitrogen and oxygen atoms in total. The Morgan fingerprint density at radius 2 is 1.68 bits per heavy atom. The minimum absolute atomic E-state index is 0.130. The number of hydrogen-bond acceptors (Lipinski definition) is 3. The van der Waals surface area contributed by atoms with E-state index in [-0.39, 0.29) is 23.0 Å². The Kier molecular flexibility index (Phi) is 6.95. The molecule has 1 saturated heterocycles. The second kappa shape index (κ2) is 9.47. The number of ether oxygens (including phenoxy) is 1. The Balaban J connectivity index is 1.47. The molecule has 1 aliphatic heterocycles. The van der Waals surface area contributed by atoms with Crippen molar-refractivity contribution in [2.45, 2.75) is 87.6 Å². The Morgan fingerprint density at radius 1 is 0.912 bits per heavy atom. The van der Waals surface area contributed by atoms with Gasteiger partial charge < -0.3 is 4.74 Å². The van der Waals surface area contributed by atoms with Crippen LogP contribution in [0, 0.1) is 0 Å². The minimum atomic E-state index is -5.16. The van der Waals surface area contributed by atoms with Crippen molar-refractivity contribution in [3.8, 4) is 0 Å². The predicted molar refractivity (Wildman–Crippen MR) is 114 cm³/mol. The van der Waals surface area contributed by atoms with Gasteiger partial charge in [-0.3, -0.25) is 9.97 Å². The topological polar surface area (TPSA) is 35.0 Å². The van der Waals surface area contributed by atoms with Crippen molar-refractivity contribution in [3.05, 3.63) is 59.2 Å². The maximum Gasteiger partial charge on any atom is 0.433 e. The molecule has 34 heavy (non-hydrogen) atoms. The summed E-state index contributed by atoms with van der Waals surface area (Å²) < 4.78 is 84.8. The zero-order valence-electron chi connectivity index (χ0n) is 18.8. The number of nitrogens with zero attached hydrogens (tertiary/aromatic N) is 2. The summed E-state index contributed by atoms with van der Waals surface area (Å²) in [4.78, 5) is 7.76. The van der Waals surface area contributed by atoms with Gasteiger partial charge in [0.15, 0.2) is 5.69 Å². The van der Waals surface area contributed by atoms with Crippen molar-refractivity contribution >= 4 is 0 Å². The third-order valence-corrected chi connectivity index (χ3v) is 7.26. The summed E-state index contributed by atoms with van der Waals surface area (Å²) >= 11 is 0. The Morgan fingerprint density at radius 3 is 2.32 bits per heavy atom. The van der Waals surface area contributed by atoms with Crippen LogP contribution in [0.15, 0.2) is 36.7 Å². The first kappa shape index (κ1) is 24.9. The standard InChI is InChI=1S/C25H28F6N2O/c26-24(27,28)19-15-18(16-33-21(19)25(29,30)31)7-1-3-9-22(20-8-2-6-13-32-20)12-14-34-23(17-22)10-4-5-11-23/h2,6,8,13,15-16H,1,3-5,7,9-12,14,17H2. The van der Waals surface area contributed by atoms with E-state index in [4.69, 9.17) is 4.74 Å². The SMILES string of the molecule is FC(F)(F)c1cc(CCCCC2(c3ccccn3)CCOC3(CCCC3)C2)cnc1C(F)(F)F. The fraction of sp³-hybridized carbons (Fsp3) is 0.600. The van der Waals surface area contributed by atoms with Crippen molar-refractivity contribution in [2.24, 2.45) is 0 Å². The normalized spacial score (nSPS) is 22.9. The molecular weight excluding hydrogens is 458 g/mol. The van der Waals surface area contributed by atoms with E-state index in [0.29, 0.717) is 19.1 Å². The Labute approximate surface area is 194 Å². The highest BCUT2D eigenvalue weighted by Gasteiger charge is 2.48. The monoisotopic (exact) mass is 486 g/mol. The van der Waals surface area contributed by atoms with E-state index in [1.165, 1.54) is 0 Å². The molecule has 2 aromatic rings. The first-order chi connectivity index (χ1) is 16.0. The fourth-order valence-electron chi connectivity index (χ4n) is 5.68. The molecule has 0 amide bonds. The van der Waals surface area contributed by atoms with Crippen LogP contribution in [0.1, 0.15) is 80.3 Å². The third-order valence-electron chi connectivity index (χ3n) is 7.26. The summed E-state index contributed by atoms with van der Waals surface area (Å²) in [5.74, 6) is 0. The highest BCUT2D eigenvalue weighted by molar-refractivity contribution is 5.30.